The van der Waals surface area contributed by atoms with Gasteiger partial charge in [-0.2, -0.15) is 0 Å². The highest BCUT2D eigenvalue weighted by molar-refractivity contribution is 6.62. The van der Waals surface area contributed by atoms with Crippen molar-refractivity contribution in [2.45, 2.75) is 51.4 Å². The van der Waals surface area contributed by atoms with E-state index >= 15 is 0 Å². The molecule has 2 aliphatic heterocycles. The fourth-order valence-corrected chi connectivity index (χ4v) is 3.91. The van der Waals surface area contributed by atoms with E-state index in [0.717, 1.165) is 31.5 Å². The molecule has 5 heteroatoms. The molecule has 148 valence electrons. The summed E-state index contributed by atoms with van der Waals surface area (Å²) in [5.41, 5.74) is 3.13. The Hall–Kier alpha value is -1.82. The van der Waals surface area contributed by atoms with Crippen LogP contribution in [0.2, 0.25) is 0 Å². The third-order valence-electron chi connectivity index (χ3n) is 6.36. The van der Waals surface area contributed by atoms with Gasteiger partial charge < -0.3 is 19.5 Å². The van der Waals surface area contributed by atoms with Crippen molar-refractivity contribution in [3.63, 3.8) is 0 Å². The third-order valence-corrected chi connectivity index (χ3v) is 6.36. The molecule has 0 amide bonds. The van der Waals surface area contributed by atoms with Gasteiger partial charge in [-0.1, -0.05) is 42.5 Å². The van der Waals surface area contributed by atoms with Crippen LogP contribution < -0.4 is 15.7 Å². The minimum atomic E-state index is -0.302. The van der Waals surface area contributed by atoms with Gasteiger partial charge in [0, 0.05) is 31.4 Å². The SMILES string of the molecule is CC1(C)OB(c2ccc(CC3CN(c4ccccc4)CCN3)cc2)OC1(C)C. The van der Waals surface area contributed by atoms with Crippen LogP contribution in [0.5, 0.6) is 0 Å². The number of anilines is 1. The summed E-state index contributed by atoms with van der Waals surface area (Å²) >= 11 is 0. The Morgan fingerprint density at radius 3 is 2.25 bits per heavy atom. The fraction of sp³-hybridized carbons (Fsp3) is 0.478. The van der Waals surface area contributed by atoms with Crippen molar-refractivity contribution >= 4 is 18.3 Å². The first-order valence-electron chi connectivity index (χ1n) is 10.3. The molecule has 2 fully saturated rings. The second-order valence-corrected chi connectivity index (χ2v) is 8.97. The monoisotopic (exact) mass is 378 g/mol. The zero-order valence-electron chi connectivity index (χ0n) is 17.4. The van der Waals surface area contributed by atoms with Crippen LogP contribution in [0.3, 0.4) is 0 Å². The van der Waals surface area contributed by atoms with Gasteiger partial charge in [0.05, 0.1) is 11.2 Å². The van der Waals surface area contributed by atoms with Crippen LogP contribution in [0.4, 0.5) is 5.69 Å². The van der Waals surface area contributed by atoms with Gasteiger partial charge in [-0.25, -0.2) is 0 Å². The van der Waals surface area contributed by atoms with Crippen molar-refractivity contribution in [2.24, 2.45) is 0 Å². The minimum Gasteiger partial charge on any atom is -0.399 e. The summed E-state index contributed by atoms with van der Waals surface area (Å²) in [5.74, 6) is 0. The number of hydrogen-bond donors (Lipinski definition) is 1. The lowest BCUT2D eigenvalue weighted by molar-refractivity contribution is 0.00578. The van der Waals surface area contributed by atoms with E-state index in [0.29, 0.717) is 6.04 Å². The van der Waals surface area contributed by atoms with Crippen molar-refractivity contribution in [2.75, 3.05) is 24.5 Å². The van der Waals surface area contributed by atoms with Crippen molar-refractivity contribution in [3.8, 4) is 0 Å². The van der Waals surface area contributed by atoms with Gasteiger partial charge >= 0.3 is 7.12 Å². The molecule has 0 aliphatic carbocycles. The largest absolute Gasteiger partial charge is 0.494 e. The molecule has 2 saturated heterocycles. The Labute approximate surface area is 169 Å². The van der Waals surface area contributed by atoms with Crippen LogP contribution in [-0.2, 0) is 15.7 Å². The Balaban J connectivity index is 1.38. The Morgan fingerprint density at radius 2 is 1.61 bits per heavy atom. The molecule has 28 heavy (non-hydrogen) atoms. The van der Waals surface area contributed by atoms with Gasteiger partial charge in [0.25, 0.3) is 0 Å². The number of benzene rings is 2. The lowest BCUT2D eigenvalue weighted by Crippen LogP contribution is -2.51. The highest BCUT2D eigenvalue weighted by Crippen LogP contribution is 2.36. The first kappa shape index (κ1) is 19.5. The molecule has 1 N–H and O–H groups in total. The Bertz CT molecular complexity index is 776. The molecule has 2 aliphatic rings. The van der Waals surface area contributed by atoms with E-state index in [4.69, 9.17) is 9.31 Å². The van der Waals surface area contributed by atoms with E-state index in [9.17, 15) is 0 Å². The number of nitrogens with one attached hydrogen (secondary N) is 1. The smallest absolute Gasteiger partial charge is 0.399 e. The molecule has 4 nitrogen and oxygen atoms in total. The van der Waals surface area contributed by atoms with Crippen LogP contribution in [-0.4, -0.2) is 44.0 Å². The first-order chi connectivity index (χ1) is 13.3. The number of rotatable bonds is 4. The minimum absolute atomic E-state index is 0.291. The predicted octanol–water partition coefficient (Wildman–Crippen LogP) is 3.01. The molecule has 0 aromatic heterocycles. The molecule has 0 spiro atoms. The lowest BCUT2D eigenvalue weighted by Gasteiger charge is -2.35. The maximum Gasteiger partial charge on any atom is 0.494 e. The topological polar surface area (TPSA) is 33.7 Å². The van der Waals surface area contributed by atoms with Gasteiger partial charge in [-0.05, 0) is 57.3 Å². The summed E-state index contributed by atoms with van der Waals surface area (Å²) in [7, 11) is -0.291. The standard InChI is InChI=1S/C23H31BN2O2/c1-22(2)23(3,4)28-24(27-22)19-12-10-18(11-13-19)16-20-17-26(15-14-25-20)21-8-6-5-7-9-21/h5-13,20,25H,14-17H2,1-4H3. The van der Waals surface area contributed by atoms with Gasteiger partial charge in [0.1, 0.15) is 0 Å². The Morgan fingerprint density at radius 1 is 0.964 bits per heavy atom. The highest BCUT2D eigenvalue weighted by atomic mass is 16.7. The summed E-state index contributed by atoms with van der Waals surface area (Å²) in [4.78, 5) is 2.47. The number of nitrogens with zero attached hydrogens (tertiary/aromatic N) is 1. The predicted molar refractivity (Wildman–Crippen MR) is 116 cm³/mol. The van der Waals surface area contributed by atoms with E-state index in [1.165, 1.54) is 11.3 Å². The summed E-state index contributed by atoms with van der Waals surface area (Å²) in [6, 6.07) is 19.9. The summed E-state index contributed by atoms with van der Waals surface area (Å²) in [5, 5.41) is 3.67. The van der Waals surface area contributed by atoms with E-state index in [1.54, 1.807) is 0 Å². The Kier molecular flexibility index (Phi) is 5.25. The molecule has 0 bridgehead atoms. The summed E-state index contributed by atoms with van der Waals surface area (Å²) in [6.07, 6.45) is 1.02. The molecule has 1 atom stereocenters. The molecule has 4 rings (SSSR count). The van der Waals surface area contributed by atoms with E-state index in [1.807, 2.05) is 0 Å². The quantitative estimate of drug-likeness (QED) is 0.830. The number of para-hydroxylation sites is 1. The van der Waals surface area contributed by atoms with Crippen molar-refractivity contribution in [3.05, 3.63) is 60.2 Å². The average molecular weight is 378 g/mol. The summed E-state index contributed by atoms with van der Waals surface area (Å²) in [6.45, 7) is 11.5. The van der Waals surface area contributed by atoms with E-state index in [-0.39, 0.29) is 18.3 Å². The molecule has 2 aromatic rings. The summed E-state index contributed by atoms with van der Waals surface area (Å²) < 4.78 is 12.3. The molecule has 0 radical (unpaired) electrons. The lowest BCUT2D eigenvalue weighted by atomic mass is 9.78. The van der Waals surface area contributed by atoms with Crippen molar-refractivity contribution in [1.82, 2.24) is 5.32 Å². The van der Waals surface area contributed by atoms with Crippen molar-refractivity contribution < 1.29 is 9.31 Å². The van der Waals surface area contributed by atoms with Crippen molar-refractivity contribution in [1.29, 1.82) is 0 Å². The normalized spacial score (nSPS) is 23.8. The van der Waals surface area contributed by atoms with Gasteiger partial charge in [0.15, 0.2) is 0 Å². The molecular weight excluding hydrogens is 347 g/mol. The number of piperazine rings is 1. The van der Waals surface area contributed by atoms with Crippen LogP contribution in [0.25, 0.3) is 0 Å². The average Bonchev–Trinajstić information content (AvgIpc) is 2.91. The highest BCUT2D eigenvalue weighted by Gasteiger charge is 2.51. The molecule has 0 saturated carbocycles. The van der Waals surface area contributed by atoms with Gasteiger partial charge in [-0.15, -0.1) is 0 Å². The van der Waals surface area contributed by atoms with Crippen LogP contribution >= 0.6 is 0 Å². The molecule has 2 aromatic carbocycles. The maximum atomic E-state index is 6.16. The maximum absolute atomic E-state index is 6.16. The second kappa shape index (κ2) is 7.55. The van der Waals surface area contributed by atoms with E-state index < -0.39 is 0 Å². The molecule has 1 unspecified atom stereocenters. The van der Waals surface area contributed by atoms with Crippen LogP contribution in [0, 0.1) is 0 Å². The van der Waals surface area contributed by atoms with Gasteiger partial charge in [-0.3, -0.25) is 0 Å². The van der Waals surface area contributed by atoms with E-state index in [2.05, 4.69) is 92.5 Å². The number of hydrogen-bond acceptors (Lipinski definition) is 4. The zero-order chi connectivity index (χ0) is 19.8. The first-order valence-corrected chi connectivity index (χ1v) is 10.3. The third kappa shape index (κ3) is 3.98. The second-order valence-electron chi connectivity index (χ2n) is 8.97. The molecule has 2 heterocycles. The molecular formula is C23H31BN2O2. The fourth-order valence-electron chi connectivity index (χ4n) is 3.91. The van der Waals surface area contributed by atoms with Crippen LogP contribution in [0.15, 0.2) is 54.6 Å². The van der Waals surface area contributed by atoms with Gasteiger partial charge in [0.2, 0.25) is 0 Å². The van der Waals surface area contributed by atoms with Crippen LogP contribution in [0.1, 0.15) is 33.3 Å². The zero-order valence-corrected chi connectivity index (χ0v) is 17.4.